The molecule has 1 aromatic carbocycles. The number of aliphatic hydroxyl groups excluding tert-OH is 3. The molecule has 4 unspecified atom stereocenters. The lowest BCUT2D eigenvalue weighted by Crippen LogP contribution is -2.57. The molecule has 34 heavy (non-hydrogen) atoms. The second kappa shape index (κ2) is 11.6. The number of aliphatic hydroxyl groups is 3. The van der Waals surface area contributed by atoms with Crippen LogP contribution >= 0.6 is 0 Å². The number of carbonyl (C=O) groups is 2. The van der Waals surface area contributed by atoms with Crippen molar-refractivity contribution in [3.8, 4) is 11.5 Å². The highest BCUT2D eigenvalue weighted by Gasteiger charge is 2.51. The van der Waals surface area contributed by atoms with E-state index in [1.807, 2.05) is 0 Å². The van der Waals surface area contributed by atoms with Crippen LogP contribution in [0.3, 0.4) is 0 Å². The summed E-state index contributed by atoms with van der Waals surface area (Å²) >= 11 is 0. The largest absolute Gasteiger partial charge is 0.493 e. The van der Waals surface area contributed by atoms with Crippen molar-refractivity contribution in [3.63, 3.8) is 0 Å². The van der Waals surface area contributed by atoms with Crippen LogP contribution in [0.15, 0.2) is 23.8 Å². The zero-order chi connectivity index (χ0) is 24.8. The Morgan fingerprint density at radius 1 is 1.18 bits per heavy atom. The Morgan fingerprint density at radius 3 is 2.56 bits per heavy atom. The first kappa shape index (κ1) is 25.9. The van der Waals surface area contributed by atoms with Gasteiger partial charge in [-0.2, -0.15) is 0 Å². The third kappa shape index (κ3) is 5.03. The van der Waals surface area contributed by atoms with E-state index in [9.17, 15) is 24.9 Å². The van der Waals surface area contributed by atoms with Crippen LogP contribution in [0.2, 0.25) is 0 Å². The van der Waals surface area contributed by atoms with Gasteiger partial charge in [-0.05, 0) is 23.8 Å². The molecule has 1 aliphatic carbocycles. The van der Waals surface area contributed by atoms with Crippen molar-refractivity contribution in [1.82, 2.24) is 10.2 Å². The molecular formula is C23H32N2O9. The third-order valence-electron chi connectivity index (χ3n) is 5.98. The Morgan fingerprint density at radius 2 is 1.94 bits per heavy atom. The molecule has 188 valence electrons. The number of ether oxygens (including phenoxy) is 4. The summed E-state index contributed by atoms with van der Waals surface area (Å²) < 4.78 is 21.7. The van der Waals surface area contributed by atoms with E-state index in [2.05, 4.69) is 5.32 Å². The molecule has 0 fully saturated rings. The molecule has 1 heterocycles. The minimum Gasteiger partial charge on any atom is -0.493 e. The third-order valence-corrected chi connectivity index (χ3v) is 5.98. The van der Waals surface area contributed by atoms with Gasteiger partial charge in [0.25, 0.3) is 0 Å². The van der Waals surface area contributed by atoms with E-state index in [-0.39, 0.29) is 51.0 Å². The van der Waals surface area contributed by atoms with E-state index in [0.29, 0.717) is 22.6 Å². The Labute approximate surface area is 197 Å². The lowest BCUT2D eigenvalue weighted by molar-refractivity contribution is -0.141. The lowest BCUT2D eigenvalue weighted by Gasteiger charge is -2.40. The van der Waals surface area contributed by atoms with Crippen molar-refractivity contribution >= 4 is 11.8 Å². The molecule has 1 aromatic rings. The first-order valence-corrected chi connectivity index (χ1v) is 11.0. The smallest absolute Gasteiger partial charge is 0.249 e. The Bertz CT molecular complexity index is 920. The Hall–Kier alpha value is -2.70. The van der Waals surface area contributed by atoms with Crippen LogP contribution in [-0.2, 0) is 25.7 Å². The van der Waals surface area contributed by atoms with Gasteiger partial charge in [0.15, 0.2) is 11.5 Å². The number of fused-ring (bicyclic) bond motifs is 3. The number of carbonyl (C=O) groups excluding carboxylic acids is 2. The summed E-state index contributed by atoms with van der Waals surface area (Å²) in [7, 11) is 4.35. The van der Waals surface area contributed by atoms with Crippen molar-refractivity contribution in [2.24, 2.45) is 0 Å². The Balaban J connectivity index is 2.11. The molecule has 2 amide bonds. The summed E-state index contributed by atoms with van der Waals surface area (Å²) in [5.74, 6) is -0.800. The summed E-state index contributed by atoms with van der Waals surface area (Å²) in [5, 5.41) is 32.9. The maximum absolute atomic E-state index is 13.1. The van der Waals surface area contributed by atoms with Gasteiger partial charge in [-0.25, -0.2) is 0 Å². The summed E-state index contributed by atoms with van der Waals surface area (Å²) in [6.45, 7) is -0.314. The summed E-state index contributed by atoms with van der Waals surface area (Å²) in [5.41, 5.74) is 1.42. The van der Waals surface area contributed by atoms with Crippen LogP contribution in [0.25, 0.3) is 0 Å². The first-order chi connectivity index (χ1) is 16.4. The fourth-order valence-electron chi connectivity index (χ4n) is 4.46. The van der Waals surface area contributed by atoms with Crippen molar-refractivity contribution in [2.45, 2.75) is 30.8 Å². The van der Waals surface area contributed by atoms with Gasteiger partial charge in [0.05, 0.1) is 38.9 Å². The number of nitrogens with zero attached hydrogens (tertiary/aromatic N) is 1. The molecule has 11 nitrogen and oxygen atoms in total. The second-order valence-electron chi connectivity index (χ2n) is 8.03. The predicted octanol–water partition coefficient (Wildman–Crippen LogP) is -1.07. The van der Waals surface area contributed by atoms with Gasteiger partial charge in [-0.15, -0.1) is 0 Å². The van der Waals surface area contributed by atoms with E-state index in [1.165, 1.54) is 26.2 Å². The van der Waals surface area contributed by atoms with Gasteiger partial charge in [-0.3, -0.25) is 9.59 Å². The van der Waals surface area contributed by atoms with Crippen molar-refractivity contribution in [1.29, 1.82) is 0 Å². The number of hydrogen-bond donors (Lipinski definition) is 4. The normalized spacial score (nSPS) is 22.8. The minimum absolute atomic E-state index is 0.0322. The van der Waals surface area contributed by atoms with Crippen LogP contribution in [-0.4, -0.2) is 105 Å². The molecule has 0 aromatic heterocycles. The average molecular weight is 481 g/mol. The summed E-state index contributed by atoms with van der Waals surface area (Å²) in [4.78, 5) is 27.4. The van der Waals surface area contributed by atoms with Gasteiger partial charge >= 0.3 is 0 Å². The van der Waals surface area contributed by atoms with Crippen molar-refractivity contribution in [2.75, 3.05) is 54.2 Å². The quantitative estimate of drug-likeness (QED) is 0.311. The van der Waals surface area contributed by atoms with Gasteiger partial charge in [0.2, 0.25) is 11.8 Å². The standard InChI is InChI=1S/C23H32N2O9/c1-31-7-5-25(18(28)12-32-2)16-10-15(23(30)24-4-6-26)19-14-8-13(11-27)9-17(33-3)21(14)34-22(19)20(16)29/h8-10,16,19-20,22,26-27,29H,4-7,11-12H2,1-3H3,(H,24,30). The van der Waals surface area contributed by atoms with Gasteiger partial charge in [0, 0.05) is 38.4 Å². The molecule has 0 saturated carbocycles. The van der Waals surface area contributed by atoms with E-state index in [1.54, 1.807) is 18.2 Å². The van der Waals surface area contributed by atoms with E-state index in [0.717, 1.165) is 0 Å². The Kier molecular flexibility index (Phi) is 8.86. The van der Waals surface area contributed by atoms with Crippen molar-refractivity contribution < 1.29 is 43.9 Å². The minimum atomic E-state index is -1.19. The number of nitrogens with one attached hydrogen (secondary N) is 1. The molecule has 0 spiro atoms. The van der Waals surface area contributed by atoms with E-state index < -0.39 is 30.1 Å². The fraction of sp³-hybridized carbons (Fsp3) is 0.565. The molecule has 11 heteroatoms. The first-order valence-electron chi connectivity index (χ1n) is 11.0. The molecule has 4 N–H and O–H groups in total. The number of hydrogen-bond acceptors (Lipinski definition) is 9. The molecule has 0 bridgehead atoms. The SMILES string of the molecule is COCCN(C(=O)COC)C1C=C(C(=O)NCCO)C2c3cc(CO)cc(OC)c3OC2C1O. The molecule has 0 radical (unpaired) electrons. The van der Waals surface area contributed by atoms with Crippen LogP contribution in [0.1, 0.15) is 17.0 Å². The highest BCUT2D eigenvalue weighted by Crippen LogP contribution is 2.51. The maximum atomic E-state index is 13.1. The van der Waals surface area contributed by atoms with Gasteiger partial charge < -0.3 is 44.5 Å². The zero-order valence-corrected chi connectivity index (χ0v) is 19.5. The number of rotatable bonds is 11. The zero-order valence-electron chi connectivity index (χ0n) is 19.5. The fourth-order valence-corrected chi connectivity index (χ4v) is 4.46. The lowest BCUT2D eigenvalue weighted by atomic mass is 9.77. The highest BCUT2D eigenvalue weighted by molar-refractivity contribution is 5.96. The molecular weight excluding hydrogens is 448 g/mol. The molecule has 4 atom stereocenters. The highest BCUT2D eigenvalue weighted by atomic mass is 16.5. The van der Waals surface area contributed by atoms with Gasteiger partial charge in [-0.1, -0.05) is 0 Å². The van der Waals surface area contributed by atoms with Crippen LogP contribution < -0.4 is 14.8 Å². The summed E-state index contributed by atoms with van der Waals surface area (Å²) in [6.07, 6.45) is -0.534. The van der Waals surface area contributed by atoms with Crippen molar-refractivity contribution in [3.05, 3.63) is 34.9 Å². The van der Waals surface area contributed by atoms with Crippen LogP contribution in [0.4, 0.5) is 0 Å². The summed E-state index contributed by atoms with van der Waals surface area (Å²) in [6, 6.07) is 2.44. The topological polar surface area (TPSA) is 147 Å². The number of benzene rings is 1. The average Bonchev–Trinajstić information content (AvgIpc) is 3.23. The molecule has 1 aliphatic heterocycles. The molecule has 3 rings (SSSR count). The van der Waals surface area contributed by atoms with Gasteiger partial charge in [0.1, 0.15) is 18.8 Å². The number of amides is 2. The molecule has 0 saturated heterocycles. The van der Waals surface area contributed by atoms with Crippen LogP contribution in [0.5, 0.6) is 11.5 Å². The maximum Gasteiger partial charge on any atom is 0.249 e. The van der Waals surface area contributed by atoms with E-state index in [4.69, 9.17) is 18.9 Å². The second-order valence-corrected chi connectivity index (χ2v) is 8.03. The molecule has 2 aliphatic rings. The van der Waals surface area contributed by atoms with Crippen LogP contribution in [0, 0.1) is 0 Å². The monoisotopic (exact) mass is 480 g/mol. The van der Waals surface area contributed by atoms with E-state index >= 15 is 0 Å². The number of methoxy groups -OCH3 is 3. The predicted molar refractivity (Wildman–Crippen MR) is 120 cm³/mol.